The number of carbonyl (C=O) groups is 1. The molecule has 0 unspecified atom stereocenters. The summed E-state index contributed by atoms with van der Waals surface area (Å²) in [4.78, 5) is 17.2. The van der Waals surface area contributed by atoms with Gasteiger partial charge in [0.2, 0.25) is 0 Å². The second kappa shape index (κ2) is 6.68. The summed E-state index contributed by atoms with van der Waals surface area (Å²) in [6, 6.07) is 7.63. The molecule has 0 aliphatic carbocycles. The molecule has 0 fully saturated rings. The molecule has 0 aliphatic heterocycles. The fraction of sp³-hybridized carbons (Fsp3) is 0.333. The molecule has 1 aromatic carbocycles. The number of nitrogens with zero attached hydrogens (tertiary/aromatic N) is 2. The number of halogens is 1. The van der Waals surface area contributed by atoms with Crippen molar-refractivity contribution in [1.82, 2.24) is 9.88 Å². The van der Waals surface area contributed by atoms with Gasteiger partial charge in [0.05, 0.1) is 11.9 Å². The summed E-state index contributed by atoms with van der Waals surface area (Å²) in [7, 11) is 0. The van der Waals surface area contributed by atoms with Crippen molar-refractivity contribution in [2.75, 3.05) is 13.1 Å². The fourth-order valence-corrected chi connectivity index (χ4v) is 2.38. The van der Waals surface area contributed by atoms with Gasteiger partial charge in [-0.2, -0.15) is 0 Å². The van der Waals surface area contributed by atoms with E-state index in [-0.39, 0.29) is 6.42 Å². The Bertz CT molecular complexity index is 616. The summed E-state index contributed by atoms with van der Waals surface area (Å²) in [5.41, 5.74) is 1.95. The van der Waals surface area contributed by atoms with Crippen molar-refractivity contribution in [2.24, 2.45) is 0 Å². The van der Waals surface area contributed by atoms with Crippen LogP contribution in [-0.4, -0.2) is 34.0 Å². The van der Waals surface area contributed by atoms with Crippen molar-refractivity contribution in [3.05, 3.63) is 41.0 Å². The van der Waals surface area contributed by atoms with Gasteiger partial charge in [0.25, 0.3) is 0 Å². The number of hydrogen-bond donors (Lipinski definition) is 1. The van der Waals surface area contributed by atoms with Gasteiger partial charge in [0.1, 0.15) is 0 Å². The monoisotopic (exact) mass is 292 g/mol. The summed E-state index contributed by atoms with van der Waals surface area (Å²) in [6.45, 7) is 4.02. The van der Waals surface area contributed by atoms with Crippen LogP contribution in [0.15, 0.2) is 30.5 Å². The van der Waals surface area contributed by atoms with Gasteiger partial charge in [0, 0.05) is 29.7 Å². The van der Waals surface area contributed by atoms with Crippen LogP contribution in [0.5, 0.6) is 0 Å². The minimum absolute atomic E-state index is 0.146. The average Bonchev–Trinajstić information content (AvgIpc) is 2.46. The number of rotatable bonds is 6. The first-order chi connectivity index (χ1) is 9.61. The maximum absolute atomic E-state index is 10.7. The lowest BCUT2D eigenvalue weighted by Gasteiger charge is -2.20. The molecule has 20 heavy (non-hydrogen) atoms. The Balaban J connectivity index is 2.24. The molecule has 4 nitrogen and oxygen atoms in total. The number of carboxylic acids is 1. The fourth-order valence-electron chi connectivity index (χ4n) is 2.17. The van der Waals surface area contributed by atoms with Crippen LogP contribution in [0, 0.1) is 0 Å². The first-order valence-electron chi connectivity index (χ1n) is 6.58. The number of benzene rings is 1. The zero-order valence-corrected chi connectivity index (χ0v) is 12.1. The van der Waals surface area contributed by atoms with Crippen LogP contribution in [0.3, 0.4) is 0 Å². The molecular formula is C15H17ClN2O2. The molecule has 1 aromatic heterocycles. The molecule has 0 atom stereocenters. The number of aromatic nitrogens is 1. The van der Waals surface area contributed by atoms with Gasteiger partial charge in [-0.15, -0.1) is 0 Å². The van der Waals surface area contributed by atoms with E-state index >= 15 is 0 Å². The van der Waals surface area contributed by atoms with Crippen molar-refractivity contribution in [1.29, 1.82) is 0 Å². The van der Waals surface area contributed by atoms with Crippen LogP contribution in [0.4, 0.5) is 0 Å². The Morgan fingerprint density at radius 3 is 2.90 bits per heavy atom. The molecule has 2 rings (SSSR count). The molecule has 0 radical (unpaired) electrons. The third kappa shape index (κ3) is 3.46. The third-order valence-electron chi connectivity index (χ3n) is 3.28. The van der Waals surface area contributed by atoms with Crippen LogP contribution >= 0.6 is 11.6 Å². The Morgan fingerprint density at radius 1 is 1.40 bits per heavy atom. The minimum atomic E-state index is -0.775. The van der Waals surface area contributed by atoms with Gasteiger partial charge < -0.3 is 5.11 Å². The number of pyridine rings is 1. The van der Waals surface area contributed by atoms with Gasteiger partial charge in [0.15, 0.2) is 0 Å². The number of fused-ring (bicyclic) bond motifs is 1. The highest BCUT2D eigenvalue weighted by molar-refractivity contribution is 6.35. The topological polar surface area (TPSA) is 53.4 Å². The van der Waals surface area contributed by atoms with E-state index in [0.717, 1.165) is 23.0 Å². The lowest BCUT2D eigenvalue weighted by molar-refractivity contribution is -0.137. The van der Waals surface area contributed by atoms with E-state index in [9.17, 15) is 4.79 Å². The molecule has 0 saturated carbocycles. The predicted octanol–water partition coefficient (Wildman–Crippen LogP) is 3.18. The largest absolute Gasteiger partial charge is 0.481 e. The van der Waals surface area contributed by atoms with Crippen molar-refractivity contribution in [3.8, 4) is 0 Å². The first kappa shape index (κ1) is 14.8. The normalized spacial score (nSPS) is 11.2. The molecule has 0 amide bonds. The van der Waals surface area contributed by atoms with Crippen LogP contribution < -0.4 is 0 Å². The quantitative estimate of drug-likeness (QED) is 0.888. The van der Waals surface area contributed by atoms with Gasteiger partial charge in [-0.25, -0.2) is 0 Å². The van der Waals surface area contributed by atoms with Crippen molar-refractivity contribution >= 4 is 28.5 Å². The molecule has 106 valence electrons. The van der Waals surface area contributed by atoms with Gasteiger partial charge in [-0.3, -0.25) is 14.7 Å². The summed E-state index contributed by atoms with van der Waals surface area (Å²) < 4.78 is 0. The highest BCUT2D eigenvalue weighted by Gasteiger charge is 2.10. The van der Waals surface area contributed by atoms with E-state index in [2.05, 4.69) is 9.88 Å². The molecule has 1 heterocycles. The summed E-state index contributed by atoms with van der Waals surface area (Å²) in [5.74, 6) is -0.775. The van der Waals surface area contributed by atoms with Gasteiger partial charge in [-0.1, -0.05) is 24.6 Å². The van der Waals surface area contributed by atoms with Gasteiger partial charge in [-0.05, 0) is 30.3 Å². The van der Waals surface area contributed by atoms with Crippen molar-refractivity contribution in [3.63, 3.8) is 0 Å². The molecular weight excluding hydrogens is 276 g/mol. The summed E-state index contributed by atoms with van der Waals surface area (Å²) in [6.07, 6.45) is 1.89. The molecule has 5 heteroatoms. The standard InChI is InChI=1S/C15H17ClN2O2/c1-2-18(9-7-14(19)20)10-11-5-6-13(16)12-4-3-8-17-15(11)12/h3-6,8H,2,7,9-10H2,1H3,(H,19,20). The minimum Gasteiger partial charge on any atom is -0.481 e. The maximum Gasteiger partial charge on any atom is 0.304 e. The molecule has 0 spiro atoms. The summed E-state index contributed by atoms with van der Waals surface area (Å²) >= 11 is 6.17. The summed E-state index contributed by atoms with van der Waals surface area (Å²) in [5, 5.41) is 10.4. The third-order valence-corrected chi connectivity index (χ3v) is 3.61. The Morgan fingerprint density at radius 2 is 2.20 bits per heavy atom. The van der Waals surface area contributed by atoms with Crippen molar-refractivity contribution in [2.45, 2.75) is 19.9 Å². The van der Waals surface area contributed by atoms with Crippen LogP contribution in [-0.2, 0) is 11.3 Å². The molecule has 0 bridgehead atoms. The van der Waals surface area contributed by atoms with E-state index in [1.807, 2.05) is 31.2 Å². The maximum atomic E-state index is 10.7. The smallest absolute Gasteiger partial charge is 0.304 e. The van der Waals surface area contributed by atoms with Crippen LogP contribution in [0.25, 0.3) is 10.9 Å². The highest BCUT2D eigenvalue weighted by atomic mass is 35.5. The van der Waals surface area contributed by atoms with Crippen LogP contribution in [0.2, 0.25) is 5.02 Å². The van der Waals surface area contributed by atoms with E-state index in [4.69, 9.17) is 16.7 Å². The van der Waals surface area contributed by atoms with E-state index in [1.165, 1.54) is 0 Å². The Kier molecular flexibility index (Phi) is 4.93. The first-order valence-corrected chi connectivity index (χ1v) is 6.96. The number of hydrogen-bond acceptors (Lipinski definition) is 3. The van der Waals surface area contributed by atoms with Crippen LogP contribution in [0.1, 0.15) is 18.9 Å². The van der Waals surface area contributed by atoms with Crippen molar-refractivity contribution < 1.29 is 9.90 Å². The highest BCUT2D eigenvalue weighted by Crippen LogP contribution is 2.25. The molecule has 0 aliphatic rings. The lowest BCUT2D eigenvalue weighted by atomic mass is 10.1. The Hall–Kier alpha value is -1.65. The number of carboxylic acid groups (broad SMARTS) is 1. The van der Waals surface area contributed by atoms with E-state index in [1.54, 1.807) is 6.20 Å². The van der Waals surface area contributed by atoms with Gasteiger partial charge >= 0.3 is 5.97 Å². The SMILES string of the molecule is CCN(CCC(=O)O)Cc1ccc(Cl)c2cccnc12. The molecule has 0 saturated heterocycles. The lowest BCUT2D eigenvalue weighted by Crippen LogP contribution is -2.25. The Labute approximate surface area is 123 Å². The number of aliphatic carboxylic acids is 1. The second-order valence-electron chi connectivity index (χ2n) is 4.62. The molecule has 2 aromatic rings. The average molecular weight is 293 g/mol. The zero-order chi connectivity index (χ0) is 14.5. The van der Waals surface area contributed by atoms with E-state index < -0.39 is 5.97 Å². The second-order valence-corrected chi connectivity index (χ2v) is 5.03. The zero-order valence-electron chi connectivity index (χ0n) is 11.3. The van der Waals surface area contributed by atoms with E-state index in [0.29, 0.717) is 18.1 Å². The predicted molar refractivity (Wildman–Crippen MR) is 80.0 cm³/mol. The molecule has 1 N–H and O–H groups in total.